The van der Waals surface area contributed by atoms with Crippen LogP contribution in [-0.4, -0.2) is 27.1 Å². The van der Waals surface area contributed by atoms with Crippen molar-refractivity contribution in [2.24, 2.45) is 0 Å². The highest BCUT2D eigenvalue weighted by atomic mass is 35.5. The van der Waals surface area contributed by atoms with Crippen LogP contribution < -0.4 is 9.62 Å². The Labute approximate surface area is 157 Å². The standard InChI is InChI=1S/C17H18Cl2N2O3S/c1-12-3-8-15(9-16(12)19)21(25(2,23)24)11-17(22)20-10-13-4-6-14(18)7-5-13/h3-9H,10-11H2,1-2H3,(H,20,22). The summed E-state index contributed by atoms with van der Waals surface area (Å²) in [5, 5.41) is 3.74. The summed E-state index contributed by atoms with van der Waals surface area (Å²) in [5.74, 6) is -0.419. The Morgan fingerprint density at radius 1 is 1.12 bits per heavy atom. The lowest BCUT2D eigenvalue weighted by Gasteiger charge is -2.22. The minimum Gasteiger partial charge on any atom is -0.350 e. The van der Waals surface area contributed by atoms with E-state index in [1.165, 1.54) is 6.07 Å². The largest absolute Gasteiger partial charge is 0.350 e. The molecule has 5 nitrogen and oxygen atoms in total. The normalized spacial score (nSPS) is 11.2. The molecule has 134 valence electrons. The van der Waals surface area contributed by atoms with Crippen LogP contribution in [0.5, 0.6) is 0 Å². The van der Waals surface area contributed by atoms with Gasteiger partial charge in [-0.05, 0) is 42.3 Å². The molecule has 0 saturated carbocycles. The highest BCUT2D eigenvalue weighted by Crippen LogP contribution is 2.24. The monoisotopic (exact) mass is 400 g/mol. The van der Waals surface area contributed by atoms with Crippen molar-refractivity contribution in [2.75, 3.05) is 17.1 Å². The minimum absolute atomic E-state index is 0.280. The molecule has 25 heavy (non-hydrogen) atoms. The Bertz CT molecular complexity index is 868. The Morgan fingerprint density at radius 3 is 2.32 bits per heavy atom. The zero-order valence-corrected chi connectivity index (χ0v) is 16.1. The van der Waals surface area contributed by atoms with Gasteiger partial charge in [-0.25, -0.2) is 8.42 Å². The van der Waals surface area contributed by atoms with Crippen LogP contribution >= 0.6 is 23.2 Å². The molecule has 2 aromatic rings. The first-order chi connectivity index (χ1) is 11.7. The molecule has 2 rings (SSSR count). The molecule has 1 N–H and O–H groups in total. The summed E-state index contributed by atoms with van der Waals surface area (Å²) < 4.78 is 25.2. The van der Waals surface area contributed by atoms with E-state index in [4.69, 9.17) is 23.2 Å². The predicted molar refractivity (Wildman–Crippen MR) is 102 cm³/mol. The van der Waals surface area contributed by atoms with E-state index in [0.717, 1.165) is 21.7 Å². The van der Waals surface area contributed by atoms with E-state index < -0.39 is 15.9 Å². The molecule has 1 amide bonds. The van der Waals surface area contributed by atoms with Gasteiger partial charge in [0.25, 0.3) is 0 Å². The van der Waals surface area contributed by atoms with Crippen molar-refractivity contribution in [2.45, 2.75) is 13.5 Å². The third-order valence-electron chi connectivity index (χ3n) is 3.53. The third kappa shape index (κ3) is 5.63. The highest BCUT2D eigenvalue weighted by Gasteiger charge is 2.21. The van der Waals surface area contributed by atoms with Crippen LogP contribution in [0.2, 0.25) is 10.0 Å². The van der Waals surface area contributed by atoms with Gasteiger partial charge in [0.15, 0.2) is 0 Å². The molecule has 0 aliphatic rings. The second-order valence-electron chi connectivity index (χ2n) is 5.61. The van der Waals surface area contributed by atoms with Gasteiger partial charge < -0.3 is 5.32 Å². The van der Waals surface area contributed by atoms with Gasteiger partial charge in [0, 0.05) is 16.6 Å². The fraction of sp³-hybridized carbons (Fsp3) is 0.235. The number of halogens is 2. The number of carbonyl (C=O) groups is 1. The van der Waals surface area contributed by atoms with E-state index in [1.54, 1.807) is 36.4 Å². The number of hydrogen-bond acceptors (Lipinski definition) is 3. The number of aryl methyl sites for hydroxylation is 1. The fourth-order valence-corrected chi connectivity index (χ4v) is 3.28. The van der Waals surface area contributed by atoms with Gasteiger partial charge >= 0.3 is 0 Å². The average Bonchev–Trinajstić information content (AvgIpc) is 2.54. The van der Waals surface area contributed by atoms with E-state index in [0.29, 0.717) is 15.7 Å². The van der Waals surface area contributed by atoms with Crippen LogP contribution in [-0.2, 0) is 21.4 Å². The Morgan fingerprint density at radius 2 is 1.76 bits per heavy atom. The summed E-state index contributed by atoms with van der Waals surface area (Å²) in [5.41, 5.74) is 2.04. The molecule has 0 spiro atoms. The summed E-state index contributed by atoms with van der Waals surface area (Å²) in [4.78, 5) is 12.2. The Hall–Kier alpha value is -1.76. The number of rotatable bonds is 6. The number of hydrogen-bond donors (Lipinski definition) is 1. The van der Waals surface area contributed by atoms with E-state index in [9.17, 15) is 13.2 Å². The summed E-state index contributed by atoms with van der Waals surface area (Å²) in [7, 11) is -3.63. The molecule has 0 saturated heterocycles. The van der Waals surface area contributed by atoms with Gasteiger partial charge in [-0.1, -0.05) is 41.4 Å². The van der Waals surface area contributed by atoms with Gasteiger partial charge in [-0.15, -0.1) is 0 Å². The van der Waals surface area contributed by atoms with E-state index in [1.807, 2.05) is 6.92 Å². The van der Waals surface area contributed by atoms with Gasteiger partial charge in [0.05, 0.1) is 11.9 Å². The van der Waals surface area contributed by atoms with Crippen molar-refractivity contribution in [3.8, 4) is 0 Å². The number of nitrogens with one attached hydrogen (secondary N) is 1. The zero-order valence-electron chi connectivity index (χ0n) is 13.8. The van der Waals surface area contributed by atoms with Crippen molar-refractivity contribution < 1.29 is 13.2 Å². The first-order valence-electron chi connectivity index (χ1n) is 7.42. The summed E-state index contributed by atoms with van der Waals surface area (Å²) in [6, 6.07) is 11.9. The third-order valence-corrected chi connectivity index (χ3v) is 5.33. The number of nitrogens with zero attached hydrogens (tertiary/aromatic N) is 1. The molecule has 0 fully saturated rings. The van der Waals surface area contributed by atoms with E-state index in [2.05, 4.69) is 5.32 Å². The van der Waals surface area contributed by atoms with Crippen LogP contribution in [0.4, 0.5) is 5.69 Å². The molecule has 2 aromatic carbocycles. The van der Waals surface area contributed by atoms with Crippen LogP contribution in [0.1, 0.15) is 11.1 Å². The number of anilines is 1. The molecule has 0 aromatic heterocycles. The molecular formula is C17H18Cl2N2O3S. The Kier molecular flexibility index (Phi) is 6.32. The first kappa shape index (κ1) is 19.6. The summed E-state index contributed by atoms with van der Waals surface area (Å²) in [6.07, 6.45) is 1.05. The van der Waals surface area contributed by atoms with Crippen molar-refractivity contribution in [1.29, 1.82) is 0 Å². The van der Waals surface area contributed by atoms with Crippen LogP contribution in [0.3, 0.4) is 0 Å². The molecule has 0 radical (unpaired) electrons. The maximum Gasteiger partial charge on any atom is 0.241 e. The lowest BCUT2D eigenvalue weighted by molar-refractivity contribution is -0.119. The molecule has 0 unspecified atom stereocenters. The molecular weight excluding hydrogens is 383 g/mol. The minimum atomic E-state index is -3.63. The van der Waals surface area contributed by atoms with Gasteiger partial charge in [-0.3, -0.25) is 9.10 Å². The number of carbonyl (C=O) groups excluding carboxylic acids is 1. The van der Waals surface area contributed by atoms with Crippen molar-refractivity contribution in [3.05, 3.63) is 63.6 Å². The van der Waals surface area contributed by atoms with Crippen molar-refractivity contribution >= 4 is 44.8 Å². The Balaban J connectivity index is 2.10. The van der Waals surface area contributed by atoms with Gasteiger partial charge in [0.1, 0.15) is 6.54 Å². The number of amides is 1. The topological polar surface area (TPSA) is 66.5 Å². The van der Waals surface area contributed by atoms with E-state index in [-0.39, 0.29) is 13.1 Å². The van der Waals surface area contributed by atoms with Gasteiger partial charge in [-0.2, -0.15) is 0 Å². The first-order valence-corrected chi connectivity index (χ1v) is 10.0. The number of sulfonamides is 1. The van der Waals surface area contributed by atoms with Crippen molar-refractivity contribution in [3.63, 3.8) is 0 Å². The lowest BCUT2D eigenvalue weighted by atomic mass is 10.2. The molecule has 0 aliphatic carbocycles. The summed E-state index contributed by atoms with van der Waals surface area (Å²) >= 11 is 11.9. The second kappa shape index (κ2) is 8.08. The lowest BCUT2D eigenvalue weighted by Crippen LogP contribution is -2.40. The SMILES string of the molecule is Cc1ccc(N(CC(=O)NCc2ccc(Cl)cc2)S(C)(=O)=O)cc1Cl. The van der Waals surface area contributed by atoms with Crippen LogP contribution in [0.25, 0.3) is 0 Å². The molecule has 8 heteroatoms. The van der Waals surface area contributed by atoms with Gasteiger partial charge in [0.2, 0.25) is 15.9 Å². The smallest absolute Gasteiger partial charge is 0.241 e. The second-order valence-corrected chi connectivity index (χ2v) is 8.36. The quantitative estimate of drug-likeness (QED) is 0.807. The van der Waals surface area contributed by atoms with Crippen LogP contribution in [0.15, 0.2) is 42.5 Å². The molecule has 0 atom stereocenters. The van der Waals surface area contributed by atoms with E-state index >= 15 is 0 Å². The highest BCUT2D eigenvalue weighted by molar-refractivity contribution is 7.92. The summed E-state index contributed by atoms with van der Waals surface area (Å²) in [6.45, 7) is 1.77. The molecule has 0 bridgehead atoms. The maximum absolute atomic E-state index is 12.2. The van der Waals surface area contributed by atoms with Crippen molar-refractivity contribution in [1.82, 2.24) is 5.32 Å². The molecule has 0 heterocycles. The number of benzene rings is 2. The fourth-order valence-electron chi connectivity index (χ4n) is 2.13. The predicted octanol–water partition coefficient (Wildman–Crippen LogP) is 3.38. The zero-order chi connectivity index (χ0) is 18.6. The maximum atomic E-state index is 12.2. The molecule has 0 aliphatic heterocycles. The van der Waals surface area contributed by atoms with Crippen LogP contribution in [0, 0.1) is 6.92 Å². The average molecular weight is 401 g/mol.